The van der Waals surface area contributed by atoms with Crippen molar-refractivity contribution >= 4 is 55.7 Å². The maximum absolute atomic E-state index is 12.5. The van der Waals surface area contributed by atoms with Gasteiger partial charge in [0.15, 0.2) is 16.1 Å². The summed E-state index contributed by atoms with van der Waals surface area (Å²) in [6.07, 6.45) is 2.27. The Morgan fingerprint density at radius 3 is 3.00 bits per heavy atom. The molecule has 1 fully saturated rings. The maximum atomic E-state index is 12.5. The topological polar surface area (TPSA) is 81.9 Å². The van der Waals surface area contributed by atoms with E-state index in [0.717, 1.165) is 45.5 Å². The maximum Gasteiger partial charge on any atom is 0.236 e. The molecule has 1 N–H and O–H groups in total. The Balaban J connectivity index is 1.29. The molecule has 0 radical (unpaired) electrons. The van der Waals surface area contributed by atoms with Crippen molar-refractivity contribution in [3.63, 3.8) is 0 Å². The van der Waals surface area contributed by atoms with Crippen molar-refractivity contribution in [1.29, 1.82) is 0 Å². The quantitative estimate of drug-likeness (QED) is 0.411. The number of thiazole rings is 1. The predicted molar refractivity (Wildman–Crippen MR) is 121 cm³/mol. The van der Waals surface area contributed by atoms with Crippen molar-refractivity contribution in [3.05, 3.63) is 41.8 Å². The highest BCUT2D eigenvalue weighted by Crippen LogP contribution is 2.30. The van der Waals surface area contributed by atoms with Crippen molar-refractivity contribution < 1.29 is 9.53 Å². The number of para-hydroxylation sites is 1. The average molecular weight is 458 g/mol. The number of benzene rings is 1. The number of carbonyl (C=O) groups is 1. The number of thiophene rings is 1. The Kier molecular flexibility index (Phi) is 5.80. The first kappa shape index (κ1) is 19.7. The van der Waals surface area contributed by atoms with Gasteiger partial charge in [0.25, 0.3) is 0 Å². The van der Waals surface area contributed by atoms with Crippen LogP contribution in [0.4, 0.5) is 5.13 Å². The van der Waals surface area contributed by atoms with Gasteiger partial charge >= 0.3 is 0 Å². The monoisotopic (exact) mass is 457 g/mol. The Morgan fingerprint density at radius 1 is 1.27 bits per heavy atom. The molecule has 1 atom stereocenters. The summed E-state index contributed by atoms with van der Waals surface area (Å²) >= 11 is 4.49. The number of hydrogen-bond acceptors (Lipinski definition) is 8. The van der Waals surface area contributed by atoms with Crippen LogP contribution in [0.2, 0.25) is 0 Å². The highest BCUT2D eigenvalue weighted by Gasteiger charge is 2.22. The Labute approximate surface area is 185 Å². The zero-order valence-corrected chi connectivity index (χ0v) is 18.4. The van der Waals surface area contributed by atoms with Crippen LogP contribution in [0, 0.1) is 0 Å². The fourth-order valence-electron chi connectivity index (χ4n) is 3.35. The number of hydrogen-bond donors (Lipinski definition) is 1. The lowest BCUT2D eigenvalue weighted by atomic mass is 10.2. The normalized spacial score (nSPS) is 16.3. The Morgan fingerprint density at radius 2 is 2.20 bits per heavy atom. The van der Waals surface area contributed by atoms with Crippen LogP contribution in [0.5, 0.6) is 0 Å². The van der Waals surface area contributed by atoms with Gasteiger partial charge in [0.2, 0.25) is 5.91 Å². The van der Waals surface area contributed by atoms with Crippen molar-refractivity contribution in [2.24, 2.45) is 0 Å². The number of anilines is 1. The van der Waals surface area contributed by atoms with Crippen molar-refractivity contribution in [2.45, 2.75) is 30.6 Å². The molecule has 0 spiro atoms. The van der Waals surface area contributed by atoms with Gasteiger partial charge in [-0.15, -0.1) is 21.5 Å². The van der Waals surface area contributed by atoms with Crippen LogP contribution in [0.1, 0.15) is 12.8 Å². The molecule has 7 nitrogen and oxygen atoms in total. The second-order valence-corrected chi connectivity index (χ2v) is 9.77. The lowest BCUT2D eigenvalue weighted by molar-refractivity contribution is -0.113. The summed E-state index contributed by atoms with van der Waals surface area (Å²) in [6, 6.07) is 11.9. The summed E-state index contributed by atoms with van der Waals surface area (Å²) in [5, 5.41) is 15.0. The van der Waals surface area contributed by atoms with Gasteiger partial charge in [-0.2, -0.15) is 0 Å². The SMILES string of the molecule is O=C(CSc1nnc(-c2cccs2)n1CC1CCCO1)Nc1nc2ccccc2s1. The summed E-state index contributed by atoms with van der Waals surface area (Å²) in [6.45, 7) is 1.50. The molecule has 3 aromatic heterocycles. The van der Waals surface area contributed by atoms with E-state index in [1.807, 2.05) is 41.8 Å². The third kappa shape index (κ3) is 4.27. The molecule has 10 heteroatoms. The Hall–Kier alpha value is -2.27. The third-order valence-electron chi connectivity index (χ3n) is 4.74. The first-order valence-electron chi connectivity index (χ1n) is 9.63. The molecule has 4 heterocycles. The second-order valence-electron chi connectivity index (χ2n) is 6.85. The molecule has 0 bridgehead atoms. The number of nitrogens with one attached hydrogen (secondary N) is 1. The molecular formula is C20H19N5O2S3. The van der Waals surface area contributed by atoms with Gasteiger partial charge in [0.05, 0.1) is 33.5 Å². The molecule has 5 rings (SSSR count). The lowest BCUT2D eigenvalue weighted by Gasteiger charge is -2.14. The summed E-state index contributed by atoms with van der Waals surface area (Å²) in [7, 11) is 0. The number of aromatic nitrogens is 4. The molecule has 0 aliphatic carbocycles. The highest BCUT2D eigenvalue weighted by atomic mass is 32.2. The van der Waals surface area contributed by atoms with E-state index >= 15 is 0 Å². The predicted octanol–water partition coefficient (Wildman–Crippen LogP) is 4.53. The molecule has 30 heavy (non-hydrogen) atoms. The Bertz CT molecular complexity index is 1120. The summed E-state index contributed by atoms with van der Waals surface area (Å²) in [4.78, 5) is 18.0. The van der Waals surface area contributed by atoms with Crippen LogP contribution in [0.25, 0.3) is 20.9 Å². The number of thioether (sulfide) groups is 1. The molecular weight excluding hydrogens is 438 g/mol. The van der Waals surface area contributed by atoms with Crippen LogP contribution in [0.3, 0.4) is 0 Å². The van der Waals surface area contributed by atoms with E-state index in [1.54, 1.807) is 11.3 Å². The molecule has 1 aromatic carbocycles. The van der Waals surface area contributed by atoms with Crippen molar-refractivity contribution in [1.82, 2.24) is 19.7 Å². The minimum atomic E-state index is -0.108. The van der Waals surface area contributed by atoms with Crippen molar-refractivity contribution in [2.75, 3.05) is 17.7 Å². The standard InChI is InChI=1S/C20H19N5O2S3/c26-17(22-19-21-14-6-1-2-7-15(14)30-19)12-29-20-24-23-18(16-8-4-10-28-16)25(20)11-13-5-3-9-27-13/h1-2,4,6-8,10,13H,3,5,9,11-12H2,(H,21,22,26). The third-order valence-corrected chi connectivity index (χ3v) is 7.53. The molecule has 1 aliphatic heterocycles. The summed E-state index contributed by atoms with van der Waals surface area (Å²) < 4.78 is 8.95. The average Bonchev–Trinajstić information content (AvgIpc) is 3.53. The minimum Gasteiger partial charge on any atom is -0.376 e. The van der Waals surface area contributed by atoms with Gasteiger partial charge in [0.1, 0.15) is 0 Å². The fraction of sp³-hybridized carbons (Fsp3) is 0.300. The van der Waals surface area contributed by atoms with Gasteiger partial charge < -0.3 is 10.1 Å². The van der Waals surface area contributed by atoms with Gasteiger partial charge in [-0.3, -0.25) is 9.36 Å². The van der Waals surface area contributed by atoms with Gasteiger partial charge in [-0.25, -0.2) is 4.98 Å². The first-order valence-corrected chi connectivity index (χ1v) is 12.3. The summed E-state index contributed by atoms with van der Waals surface area (Å²) in [5.74, 6) is 0.960. The molecule has 154 valence electrons. The van der Waals surface area contributed by atoms with Crippen LogP contribution in [-0.2, 0) is 16.1 Å². The zero-order chi connectivity index (χ0) is 20.3. The van der Waals surface area contributed by atoms with E-state index < -0.39 is 0 Å². The molecule has 4 aromatic rings. The fourth-order valence-corrected chi connectivity index (χ4v) is 5.70. The summed E-state index contributed by atoms with van der Waals surface area (Å²) in [5.41, 5.74) is 0.891. The second kappa shape index (κ2) is 8.84. The van der Waals surface area contributed by atoms with E-state index in [-0.39, 0.29) is 17.8 Å². The first-order chi connectivity index (χ1) is 14.8. The highest BCUT2D eigenvalue weighted by molar-refractivity contribution is 7.99. The number of fused-ring (bicyclic) bond motifs is 1. The van der Waals surface area contributed by atoms with Gasteiger partial charge in [-0.05, 0) is 36.4 Å². The van der Waals surface area contributed by atoms with Gasteiger partial charge in [0, 0.05) is 6.61 Å². The number of rotatable bonds is 7. The van der Waals surface area contributed by atoms with Crippen molar-refractivity contribution in [3.8, 4) is 10.7 Å². The lowest BCUT2D eigenvalue weighted by Crippen LogP contribution is -2.18. The van der Waals surface area contributed by atoms with Crippen LogP contribution in [-0.4, -0.2) is 44.1 Å². The largest absolute Gasteiger partial charge is 0.376 e. The van der Waals surface area contributed by atoms with Gasteiger partial charge in [-0.1, -0.05) is 41.3 Å². The number of carbonyl (C=O) groups excluding carboxylic acids is 1. The van der Waals surface area contributed by atoms with Crippen LogP contribution >= 0.6 is 34.4 Å². The minimum absolute atomic E-state index is 0.108. The number of amides is 1. The van der Waals surface area contributed by atoms with E-state index in [2.05, 4.69) is 25.1 Å². The van der Waals surface area contributed by atoms with E-state index in [9.17, 15) is 4.79 Å². The molecule has 1 unspecified atom stereocenters. The van der Waals surface area contributed by atoms with E-state index in [4.69, 9.17) is 4.74 Å². The zero-order valence-electron chi connectivity index (χ0n) is 16.0. The van der Waals surface area contributed by atoms with Crippen LogP contribution in [0.15, 0.2) is 46.9 Å². The smallest absolute Gasteiger partial charge is 0.236 e. The van der Waals surface area contributed by atoms with E-state index in [0.29, 0.717) is 11.7 Å². The number of nitrogens with zero attached hydrogens (tertiary/aromatic N) is 4. The molecule has 0 saturated carbocycles. The van der Waals surface area contributed by atoms with Crippen LogP contribution < -0.4 is 5.32 Å². The number of ether oxygens (including phenoxy) is 1. The van der Waals surface area contributed by atoms with E-state index in [1.165, 1.54) is 23.1 Å². The molecule has 1 amide bonds. The molecule has 1 saturated heterocycles. The molecule has 1 aliphatic rings.